The maximum atomic E-state index is 3.78. The van der Waals surface area contributed by atoms with Gasteiger partial charge in [0.25, 0.3) is 0 Å². The van der Waals surface area contributed by atoms with Gasteiger partial charge in [-0.3, -0.25) is 0 Å². The van der Waals surface area contributed by atoms with E-state index in [1.807, 2.05) is 12.2 Å². The topological polar surface area (TPSA) is 0 Å². The average Bonchev–Trinajstić information content (AvgIpc) is 2.06. The first kappa shape index (κ1) is 9.37. The van der Waals surface area contributed by atoms with Crippen molar-refractivity contribution < 1.29 is 0 Å². The highest BCUT2D eigenvalue weighted by Gasteiger charge is 2.18. The Morgan fingerprint density at radius 3 is 2.92 bits per heavy atom. The van der Waals surface area contributed by atoms with Crippen LogP contribution in [0.15, 0.2) is 37.4 Å². The summed E-state index contributed by atoms with van der Waals surface area (Å²) >= 11 is 0. The first-order valence-electron chi connectivity index (χ1n) is 4.75. The lowest BCUT2D eigenvalue weighted by molar-refractivity contribution is 0.592. The van der Waals surface area contributed by atoms with Crippen LogP contribution in [0.4, 0.5) is 0 Å². The monoisotopic (exact) mass is 160 g/mol. The van der Waals surface area contributed by atoms with E-state index in [1.54, 1.807) is 0 Å². The van der Waals surface area contributed by atoms with Gasteiger partial charge in [0.05, 0.1) is 0 Å². The van der Waals surface area contributed by atoms with Crippen LogP contribution in [-0.4, -0.2) is 6.71 Å². The van der Waals surface area contributed by atoms with E-state index in [1.165, 1.54) is 12.7 Å². The van der Waals surface area contributed by atoms with Crippen molar-refractivity contribution in [3.05, 3.63) is 37.4 Å². The van der Waals surface area contributed by atoms with E-state index in [9.17, 15) is 0 Å². The lowest BCUT2D eigenvalue weighted by atomic mass is 9.41. The fourth-order valence-corrected chi connectivity index (χ4v) is 1.88. The van der Waals surface area contributed by atoms with Gasteiger partial charge in [0.15, 0.2) is 6.71 Å². The molecule has 0 radical (unpaired) electrons. The largest absolute Gasteiger partial charge is 0.170 e. The quantitative estimate of drug-likeness (QED) is 0.437. The fraction of sp³-hybridized carbons (Fsp3) is 0.455. The van der Waals surface area contributed by atoms with E-state index in [0.717, 1.165) is 25.4 Å². The minimum Gasteiger partial charge on any atom is -0.119 e. The standard InChI is InChI=1S/C11H17B/c1-3-6-11-7-5-9-12(10-11)8-4-2/h3-5,9,11H,1-2,6-8,10H2. The van der Waals surface area contributed by atoms with Crippen molar-refractivity contribution in [2.75, 3.05) is 0 Å². The van der Waals surface area contributed by atoms with Crippen LogP contribution < -0.4 is 0 Å². The number of hydrogen-bond acceptors (Lipinski definition) is 0. The third-order valence-corrected chi connectivity index (χ3v) is 2.48. The molecule has 12 heavy (non-hydrogen) atoms. The second-order valence-corrected chi connectivity index (χ2v) is 3.57. The van der Waals surface area contributed by atoms with Crippen LogP contribution in [0.25, 0.3) is 0 Å². The predicted molar refractivity (Wildman–Crippen MR) is 57.6 cm³/mol. The van der Waals surface area contributed by atoms with Crippen molar-refractivity contribution in [3.8, 4) is 0 Å². The maximum Gasteiger partial charge on any atom is 0.170 e. The Hall–Kier alpha value is -0.715. The molecule has 0 saturated carbocycles. The van der Waals surface area contributed by atoms with Crippen molar-refractivity contribution in [3.63, 3.8) is 0 Å². The molecule has 1 atom stereocenters. The Balaban J connectivity index is 2.38. The van der Waals surface area contributed by atoms with Crippen molar-refractivity contribution >= 4 is 6.71 Å². The van der Waals surface area contributed by atoms with Gasteiger partial charge in [-0.05, 0) is 18.8 Å². The molecule has 1 heteroatoms. The van der Waals surface area contributed by atoms with Gasteiger partial charge in [-0.2, -0.15) is 0 Å². The van der Waals surface area contributed by atoms with E-state index >= 15 is 0 Å². The third-order valence-electron chi connectivity index (χ3n) is 2.48. The summed E-state index contributed by atoms with van der Waals surface area (Å²) in [7, 11) is 0. The first-order valence-corrected chi connectivity index (χ1v) is 4.75. The Morgan fingerprint density at radius 1 is 1.42 bits per heavy atom. The van der Waals surface area contributed by atoms with E-state index in [4.69, 9.17) is 0 Å². The lowest BCUT2D eigenvalue weighted by Crippen LogP contribution is -2.17. The van der Waals surface area contributed by atoms with Crippen LogP contribution >= 0.6 is 0 Å². The highest BCUT2D eigenvalue weighted by Crippen LogP contribution is 2.24. The number of allylic oxidation sites excluding steroid dienone is 3. The van der Waals surface area contributed by atoms with Gasteiger partial charge < -0.3 is 0 Å². The molecule has 0 nitrogen and oxygen atoms in total. The minimum absolute atomic E-state index is 0.737. The van der Waals surface area contributed by atoms with Gasteiger partial charge in [0.2, 0.25) is 0 Å². The van der Waals surface area contributed by atoms with Crippen LogP contribution in [-0.2, 0) is 0 Å². The van der Waals surface area contributed by atoms with E-state index in [-0.39, 0.29) is 0 Å². The van der Waals surface area contributed by atoms with Crippen molar-refractivity contribution in [1.82, 2.24) is 0 Å². The Kier molecular flexibility index (Phi) is 3.92. The van der Waals surface area contributed by atoms with Gasteiger partial charge in [0, 0.05) is 0 Å². The summed E-state index contributed by atoms with van der Waals surface area (Å²) in [6.45, 7) is 8.29. The van der Waals surface area contributed by atoms with Crippen LogP contribution in [0.1, 0.15) is 12.8 Å². The molecule has 0 N–H and O–H groups in total. The molecule has 0 aliphatic carbocycles. The van der Waals surface area contributed by atoms with Gasteiger partial charge >= 0.3 is 0 Å². The highest BCUT2D eigenvalue weighted by atomic mass is 14.1. The van der Waals surface area contributed by atoms with E-state index < -0.39 is 0 Å². The van der Waals surface area contributed by atoms with Gasteiger partial charge in [-0.15, -0.1) is 19.1 Å². The molecule has 0 aromatic rings. The van der Waals surface area contributed by atoms with Crippen LogP contribution in [0.5, 0.6) is 0 Å². The molecule has 1 heterocycles. The molecule has 1 unspecified atom stereocenters. The molecule has 0 fully saturated rings. The Bertz CT molecular complexity index is 181. The van der Waals surface area contributed by atoms with E-state index in [2.05, 4.69) is 25.2 Å². The second-order valence-electron chi connectivity index (χ2n) is 3.57. The van der Waals surface area contributed by atoms with E-state index in [0.29, 0.717) is 0 Å². The number of hydrogen-bond donors (Lipinski definition) is 0. The van der Waals surface area contributed by atoms with Crippen LogP contribution in [0, 0.1) is 5.92 Å². The number of rotatable bonds is 4. The fourth-order valence-electron chi connectivity index (χ4n) is 1.88. The Morgan fingerprint density at radius 2 is 2.25 bits per heavy atom. The predicted octanol–water partition coefficient (Wildman–Crippen LogP) is 3.36. The summed E-state index contributed by atoms with van der Waals surface area (Å²) in [4.78, 5) is 0. The zero-order valence-corrected chi connectivity index (χ0v) is 7.71. The smallest absolute Gasteiger partial charge is 0.119 e. The molecule has 0 amide bonds. The van der Waals surface area contributed by atoms with Gasteiger partial charge in [-0.25, -0.2) is 0 Å². The molecular formula is C11H17B. The SMILES string of the molecule is C=CCB1C=CCC(CC=C)C1. The lowest BCUT2D eigenvalue weighted by Gasteiger charge is -2.20. The summed E-state index contributed by atoms with van der Waals surface area (Å²) in [5, 5.41) is 0. The normalized spacial score (nSPS) is 22.3. The molecule has 0 aromatic heterocycles. The van der Waals surface area contributed by atoms with Crippen LogP contribution in [0.2, 0.25) is 12.6 Å². The summed E-state index contributed by atoms with van der Waals surface area (Å²) in [6, 6.07) is 0. The average molecular weight is 160 g/mol. The molecular weight excluding hydrogens is 143 g/mol. The summed E-state index contributed by atoms with van der Waals surface area (Å²) in [5.41, 5.74) is 0. The maximum absolute atomic E-state index is 3.78. The van der Waals surface area contributed by atoms with Crippen LogP contribution in [0.3, 0.4) is 0 Å². The summed E-state index contributed by atoms with van der Waals surface area (Å²) in [5.74, 6) is 3.17. The molecule has 64 valence electrons. The molecule has 0 saturated heterocycles. The summed E-state index contributed by atoms with van der Waals surface area (Å²) in [6.07, 6.45) is 11.2. The zero-order valence-electron chi connectivity index (χ0n) is 7.71. The summed E-state index contributed by atoms with van der Waals surface area (Å²) < 4.78 is 0. The van der Waals surface area contributed by atoms with Crippen molar-refractivity contribution in [2.24, 2.45) is 5.92 Å². The van der Waals surface area contributed by atoms with Crippen molar-refractivity contribution in [2.45, 2.75) is 25.5 Å². The Labute approximate surface area is 76.1 Å². The second kappa shape index (κ2) is 5.02. The molecule has 1 aliphatic heterocycles. The minimum atomic E-state index is 0.737. The first-order chi connectivity index (χ1) is 5.86. The highest BCUT2D eigenvalue weighted by molar-refractivity contribution is 6.65. The molecule has 0 aromatic carbocycles. The molecule has 1 aliphatic rings. The van der Waals surface area contributed by atoms with Gasteiger partial charge in [0.1, 0.15) is 0 Å². The molecule has 1 rings (SSSR count). The van der Waals surface area contributed by atoms with Crippen molar-refractivity contribution in [1.29, 1.82) is 0 Å². The third kappa shape index (κ3) is 2.73. The molecule has 0 bridgehead atoms. The zero-order chi connectivity index (χ0) is 8.81. The van der Waals surface area contributed by atoms with Gasteiger partial charge in [-0.1, -0.05) is 30.9 Å². The molecule has 0 spiro atoms.